The zero-order valence-corrected chi connectivity index (χ0v) is 12.2. The Balaban J connectivity index is 1.90. The topological polar surface area (TPSA) is 83.4 Å². The van der Waals surface area contributed by atoms with E-state index in [-0.39, 0.29) is 12.1 Å². The van der Waals surface area contributed by atoms with Gasteiger partial charge in [0.05, 0.1) is 18.6 Å². The van der Waals surface area contributed by atoms with E-state index in [1.54, 1.807) is 7.11 Å². The van der Waals surface area contributed by atoms with E-state index in [1.807, 2.05) is 37.3 Å². The number of ether oxygens (including phenoxy) is 2. The Bertz CT molecular complexity index is 601. The average Bonchev–Trinajstić information content (AvgIpc) is 3.10. The van der Waals surface area contributed by atoms with Crippen LogP contribution in [0.25, 0.3) is 0 Å². The summed E-state index contributed by atoms with van der Waals surface area (Å²) < 4.78 is 16.4. The molecule has 1 fully saturated rings. The monoisotopic (exact) mass is 289 g/mol. The van der Waals surface area contributed by atoms with E-state index in [0.29, 0.717) is 24.9 Å². The summed E-state index contributed by atoms with van der Waals surface area (Å²) >= 11 is 0. The molecule has 0 radical (unpaired) electrons. The van der Waals surface area contributed by atoms with Crippen LogP contribution in [-0.2, 0) is 14.9 Å². The minimum absolute atomic E-state index is 0.150. The first kappa shape index (κ1) is 14.2. The smallest absolute Gasteiger partial charge is 0.236 e. The van der Waals surface area contributed by atoms with Crippen LogP contribution in [0.2, 0.25) is 0 Å². The maximum atomic E-state index is 6.09. The second-order valence-electron chi connectivity index (χ2n) is 5.52. The molecule has 1 aliphatic rings. The van der Waals surface area contributed by atoms with Gasteiger partial charge in [-0.1, -0.05) is 35.5 Å². The Morgan fingerprint density at radius 1 is 1.38 bits per heavy atom. The fourth-order valence-corrected chi connectivity index (χ4v) is 2.50. The molecule has 3 unspecified atom stereocenters. The van der Waals surface area contributed by atoms with Gasteiger partial charge in [-0.05, 0) is 12.5 Å². The van der Waals surface area contributed by atoms with Gasteiger partial charge in [0, 0.05) is 13.2 Å². The van der Waals surface area contributed by atoms with Crippen molar-refractivity contribution in [2.24, 2.45) is 5.73 Å². The summed E-state index contributed by atoms with van der Waals surface area (Å²) in [6.45, 7) is 2.96. The van der Waals surface area contributed by atoms with Gasteiger partial charge in [-0.15, -0.1) is 0 Å². The lowest BCUT2D eigenvalue weighted by atomic mass is 9.86. The van der Waals surface area contributed by atoms with Crippen LogP contribution in [-0.4, -0.2) is 36.5 Å². The lowest BCUT2D eigenvalue weighted by Crippen LogP contribution is -2.42. The summed E-state index contributed by atoms with van der Waals surface area (Å²) in [7, 11) is 1.62. The molecule has 0 bridgehead atoms. The minimum atomic E-state index is -0.444. The van der Waals surface area contributed by atoms with Crippen molar-refractivity contribution in [1.82, 2.24) is 10.1 Å². The van der Waals surface area contributed by atoms with E-state index in [4.69, 9.17) is 19.7 Å². The quantitative estimate of drug-likeness (QED) is 0.916. The van der Waals surface area contributed by atoms with Crippen LogP contribution in [0.3, 0.4) is 0 Å². The Kier molecular flexibility index (Phi) is 3.75. The van der Waals surface area contributed by atoms with Crippen molar-refractivity contribution in [3.63, 3.8) is 0 Å². The van der Waals surface area contributed by atoms with Crippen molar-refractivity contribution >= 4 is 0 Å². The first-order valence-electron chi connectivity index (χ1n) is 6.90. The van der Waals surface area contributed by atoms with Gasteiger partial charge in [-0.25, -0.2) is 0 Å². The first-order chi connectivity index (χ1) is 10.1. The lowest BCUT2D eigenvalue weighted by Gasteiger charge is -2.21. The van der Waals surface area contributed by atoms with Crippen LogP contribution >= 0.6 is 0 Å². The van der Waals surface area contributed by atoms with Gasteiger partial charge in [0.25, 0.3) is 0 Å². The highest BCUT2D eigenvalue weighted by Gasteiger charge is 2.44. The molecule has 21 heavy (non-hydrogen) atoms. The number of hydrogen-bond donors (Lipinski definition) is 1. The molecule has 0 aliphatic carbocycles. The van der Waals surface area contributed by atoms with E-state index in [1.165, 1.54) is 0 Å². The molecular weight excluding hydrogens is 270 g/mol. The second-order valence-corrected chi connectivity index (χ2v) is 5.52. The normalized spacial score (nSPS) is 26.9. The molecule has 3 rings (SSSR count). The van der Waals surface area contributed by atoms with Gasteiger partial charge in [-0.3, -0.25) is 0 Å². The Morgan fingerprint density at radius 3 is 2.76 bits per heavy atom. The van der Waals surface area contributed by atoms with Crippen LogP contribution in [0.1, 0.15) is 30.3 Å². The molecule has 1 aromatic heterocycles. The molecule has 6 nitrogen and oxygen atoms in total. The predicted molar refractivity (Wildman–Crippen MR) is 75.7 cm³/mol. The lowest BCUT2D eigenvalue weighted by molar-refractivity contribution is 0.126. The zero-order chi connectivity index (χ0) is 14.9. The fourth-order valence-electron chi connectivity index (χ4n) is 2.50. The van der Waals surface area contributed by atoms with Crippen LogP contribution < -0.4 is 5.73 Å². The number of rotatable bonds is 4. The Hall–Kier alpha value is -1.76. The molecule has 2 N–H and O–H groups in total. The van der Waals surface area contributed by atoms with Crippen molar-refractivity contribution < 1.29 is 14.0 Å². The maximum Gasteiger partial charge on any atom is 0.236 e. The standard InChI is InChI=1S/C15H19N3O3/c1-15(9-20-8-11(15)16)14-17-13(18-21-14)12(19-2)10-6-4-3-5-7-10/h3-7,11-12H,8-9,16H2,1-2H3. The molecule has 0 spiro atoms. The third-order valence-corrected chi connectivity index (χ3v) is 4.02. The summed E-state index contributed by atoms with van der Waals surface area (Å²) in [5.41, 5.74) is 6.62. The summed E-state index contributed by atoms with van der Waals surface area (Å²) in [6.07, 6.45) is -0.356. The Labute approximate surface area is 123 Å². The predicted octanol–water partition coefficient (Wildman–Crippen LogP) is 1.42. The highest BCUT2D eigenvalue weighted by molar-refractivity contribution is 5.23. The summed E-state index contributed by atoms with van der Waals surface area (Å²) in [5, 5.41) is 4.07. The molecule has 1 aliphatic heterocycles. The van der Waals surface area contributed by atoms with Crippen LogP contribution in [0.4, 0.5) is 0 Å². The highest BCUT2D eigenvalue weighted by Crippen LogP contribution is 2.32. The second kappa shape index (κ2) is 5.55. The summed E-state index contributed by atoms with van der Waals surface area (Å²) in [5.74, 6) is 1.000. The number of aromatic nitrogens is 2. The van der Waals surface area contributed by atoms with Gasteiger partial charge in [-0.2, -0.15) is 4.98 Å². The maximum absolute atomic E-state index is 6.09. The molecule has 2 aromatic rings. The molecule has 1 aromatic carbocycles. The molecule has 6 heteroatoms. The van der Waals surface area contributed by atoms with Crippen molar-refractivity contribution in [3.8, 4) is 0 Å². The molecule has 1 saturated heterocycles. The van der Waals surface area contributed by atoms with Gasteiger partial charge in [0.2, 0.25) is 11.7 Å². The average molecular weight is 289 g/mol. The SMILES string of the molecule is COC(c1ccccc1)c1noc(C2(C)COCC2N)n1. The molecule has 3 atom stereocenters. The third kappa shape index (κ3) is 2.46. The van der Waals surface area contributed by atoms with E-state index >= 15 is 0 Å². The van der Waals surface area contributed by atoms with Gasteiger partial charge in [0.15, 0.2) is 0 Å². The molecule has 0 amide bonds. The summed E-state index contributed by atoms with van der Waals surface area (Å²) in [4.78, 5) is 4.50. The largest absolute Gasteiger partial charge is 0.379 e. The Morgan fingerprint density at radius 2 is 2.14 bits per heavy atom. The van der Waals surface area contributed by atoms with E-state index in [0.717, 1.165) is 5.56 Å². The zero-order valence-electron chi connectivity index (χ0n) is 12.2. The van der Waals surface area contributed by atoms with Crippen molar-refractivity contribution in [2.45, 2.75) is 24.5 Å². The third-order valence-electron chi connectivity index (χ3n) is 4.02. The first-order valence-corrected chi connectivity index (χ1v) is 6.90. The van der Waals surface area contributed by atoms with E-state index < -0.39 is 5.41 Å². The fraction of sp³-hybridized carbons (Fsp3) is 0.467. The molecule has 112 valence electrons. The van der Waals surface area contributed by atoms with Gasteiger partial charge >= 0.3 is 0 Å². The minimum Gasteiger partial charge on any atom is -0.379 e. The van der Waals surface area contributed by atoms with E-state index in [9.17, 15) is 0 Å². The number of nitrogens with zero attached hydrogens (tertiary/aromatic N) is 2. The molecule has 0 saturated carbocycles. The van der Waals surface area contributed by atoms with Crippen LogP contribution in [0.5, 0.6) is 0 Å². The number of hydrogen-bond acceptors (Lipinski definition) is 6. The van der Waals surface area contributed by atoms with Crippen molar-refractivity contribution in [3.05, 3.63) is 47.6 Å². The number of nitrogens with two attached hydrogens (primary N) is 1. The van der Waals surface area contributed by atoms with Crippen LogP contribution in [0, 0.1) is 0 Å². The summed E-state index contributed by atoms with van der Waals surface area (Å²) in [6, 6.07) is 9.64. The van der Waals surface area contributed by atoms with Crippen LogP contribution in [0.15, 0.2) is 34.9 Å². The van der Waals surface area contributed by atoms with Gasteiger partial charge in [0.1, 0.15) is 6.10 Å². The molecule has 2 heterocycles. The number of benzene rings is 1. The molecular formula is C15H19N3O3. The van der Waals surface area contributed by atoms with E-state index in [2.05, 4.69) is 10.1 Å². The highest BCUT2D eigenvalue weighted by atomic mass is 16.5. The van der Waals surface area contributed by atoms with Crippen molar-refractivity contribution in [1.29, 1.82) is 0 Å². The van der Waals surface area contributed by atoms with Crippen molar-refractivity contribution in [2.75, 3.05) is 20.3 Å². The van der Waals surface area contributed by atoms with Gasteiger partial charge < -0.3 is 19.7 Å². The number of methoxy groups -OCH3 is 1.